The van der Waals surface area contributed by atoms with Crippen molar-refractivity contribution in [2.24, 2.45) is 0 Å². The topological polar surface area (TPSA) is 82.5 Å². The van der Waals surface area contributed by atoms with Crippen molar-refractivity contribution in [2.75, 3.05) is 0 Å². The monoisotopic (exact) mass is 380 g/mol. The van der Waals surface area contributed by atoms with Crippen LogP contribution in [0.2, 0.25) is 0 Å². The average Bonchev–Trinajstić information content (AvgIpc) is 3.37. The van der Waals surface area contributed by atoms with Crippen molar-refractivity contribution in [3.05, 3.63) is 60.4 Å². The summed E-state index contributed by atoms with van der Waals surface area (Å²) in [5.74, 6) is 0. The Kier molecular flexibility index (Phi) is 5.43. The minimum Gasteiger partial charge on any atom is -0.315 e. The van der Waals surface area contributed by atoms with Crippen LogP contribution in [0, 0.1) is 0 Å². The molecular formula is C19H20N6OS. The molecule has 0 N–H and O–H groups in total. The number of unbranched alkanes of at least 4 members (excludes halogenated alkanes) is 1. The molecule has 27 heavy (non-hydrogen) atoms. The van der Waals surface area contributed by atoms with E-state index >= 15 is 0 Å². The second-order valence-corrected chi connectivity index (χ2v) is 7.46. The van der Waals surface area contributed by atoms with Crippen LogP contribution in [0.25, 0.3) is 11.2 Å². The van der Waals surface area contributed by atoms with Crippen LogP contribution in [-0.2, 0) is 13.0 Å². The highest BCUT2D eigenvalue weighted by atomic mass is 32.2. The molecule has 138 valence electrons. The second-order valence-electron chi connectivity index (χ2n) is 6.27. The average molecular weight is 380 g/mol. The Hall–Kier alpha value is -2.74. The van der Waals surface area contributed by atoms with E-state index in [4.69, 9.17) is 4.63 Å². The maximum atomic E-state index is 4.84. The molecule has 1 atom stereocenters. The Bertz CT molecular complexity index is 986. The molecule has 0 bridgehead atoms. The Morgan fingerprint density at radius 1 is 1.15 bits per heavy atom. The van der Waals surface area contributed by atoms with E-state index in [0.717, 1.165) is 47.7 Å². The summed E-state index contributed by atoms with van der Waals surface area (Å²) in [6, 6.07) is 10.3. The molecule has 0 radical (unpaired) electrons. The zero-order chi connectivity index (χ0) is 18.5. The first-order chi connectivity index (χ1) is 13.3. The predicted molar refractivity (Wildman–Crippen MR) is 103 cm³/mol. The Morgan fingerprint density at radius 2 is 2.04 bits per heavy atom. The molecule has 0 saturated heterocycles. The SMILES string of the molecule is CCCCn1cnc2c(SC(Cc3ccccc3)c3cnon3)ncnc21. The van der Waals surface area contributed by atoms with Crippen LogP contribution in [-0.4, -0.2) is 29.8 Å². The summed E-state index contributed by atoms with van der Waals surface area (Å²) in [5, 5.41) is 8.71. The van der Waals surface area contributed by atoms with Gasteiger partial charge in [0.25, 0.3) is 0 Å². The first-order valence-electron chi connectivity index (χ1n) is 8.99. The number of imidazole rings is 1. The van der Waals surface area contributed by atoms with Gasteiger partial charge in [0.15, 0.2) is 5.65 Å². The number of fused-ring (bicyclic) bond motifs is 1. The summed E-state index contributed by atoms with van der Waals surface area (Å²) in [4.78, 5) is 13.5. The molecule has 0 saturated carbocycles. The number of aromatic nitrogens is 6. The molecule has 0 fully saturated rings. The van der Waals surface area contributed by atoms with Crippen LogP contribution in [0.15, 0.2) is 58.8 Å². The molecular weight excluding hydrogens is 360 g/mol. The fraction of sp³-hybridized carbons (Fsp3) is 0.316. The van der Waals surface area contributed by atoms with Crippen LogP contribution < -0.4 is 0 Å². The molecule has 0 spiro atoms. The number of hydrogen-bond donors (Lipinski definition) is 0. The first-order valence-corrected chi connectivity index (χ1v) is 9.87. The largest absolute Gasteiger partial charge is 0.315 e. The Balaban J connectivity index is 1.64. The molecule has 3 aromatic heterocycles. The third kappa shape index (κ3) is 4.00. The molecule has 1 aromatic carbocycles. The summed E-state index contributed by atoms with van der Waals surface area (Å²) in [6.07, 6.45) is 8.14. The van der Waals surface area contributed by atoms with Gasteiger partial charge < -0.3 is 4.57 Å². The minimum atomic E-state index is 0.0255. The highest BCUT2D eigenvalue weighted by Crippen LogP contribution is 2.38. The van der Waals surface area contributed by atoms with Gasteiger partial charge in [0.05, 0.1) is 17.8 Å². The van der Waals surface area contributed by atoms with E-state index in [1.54, 1.807) is 24.3 Å². The lowest BCUT2D eigenvalue weighted by molar-refractivity contribution is 0.303. The Labute approximate surface area is 161 Å². The van der Waals surface area contributed by atoms with Crippen molar-refractivity contribution in [1.29, 1.82) is 0 Å². The van der Waals surface area contributed by atoms with E-state index in [1.807, 2.05) is 24.5 Å². The number of hydrogen-bond acceptors (Lipinski definition) is 7. The van der Waals surface area contributed by atoms with Crippen LogP contribution >= 0.6 is 11.8 Å². The molecule has 1 unspecified atom stereocenters. The van der Waals surface area contributed by atoms with Gasteiger partial charge in [0.2, 0.25) is 0 Å². The lowest BCUT2D eigenvalue weighted by atomic mass is 10.1. The number of rotatable bonds is 8. The van der Waals surface area contributed by atoms with Crippen molar-refractivity contribution in [2.45, 2.75) is 43.0 Å². The van der Waals surface area contributed by atoms with Crippen molar-refractivity contribution < 1.29 is 4.63 Å². The predicted octanol–water partition coefficient (Wildman–Crippen LogP) is 4.09. The van der Waals surface area contributed by atoms with Gasteiger partial charge in [0, 0.05) is 6.54 Å². The molecule has 0 aliphatic rings. The van der Waals surface area contributed by atoms with E-state index in [1.165, 1.54) is 5.56 Å². The fourth-order valence-corrected chi connectivity index (χ4v) is 4.05. The van der Waals surface area contributed by atoms with Crippen molar-refractivity contribution in [3.8, 4) is 0 Å². The summed E-state index contributed by atoms with van der Waals surface area (Å²) >= 11 is 1.62. The highest BCUT2D eigenvalue weighted by molar-refractivity contribution is 7.99. The van der Waals surface area contributed by atoms with Crippen LogP contribution in [0.3, 0.4) is 0 Å². The molecule has 7 nitrogen and oxygen atoms in total. The van der Waals surface area contributed by atoms with Gasteiger partial charge in [-0.3, -0.25) is 0 Å². The first kappa shape index (κ1) is 17.7. The normalized spacial score (nSPS) is 12.5. The summed E-state index contributed by atoms with van der Waals surface area (Å²) < 4.78 is 6.93. The maximum Gasteiger partial charge on any atom is 0.164 e. The molecule has 0 aliphatic carbocycles. The summed E-state index contributed by atoms with van der Waals surface area (Å²) in [7, 11) is 0. The van der Waals surface area contributed by atoms with E-state index < -0.39 is 0 Å². The van der Waals surface area contributed by atoms with Gasteiger partial charge in [-0.25, -0.2) is 19.6 Å². The molecule has 8 heteroatoms. The molecule has 4 rings (SSSR count). The standard InChI is InChI=1S/C19H20N6OS/c1-2-3-9-25-13-22-17-18(25)20-12-21-19(17)27-16(15-11-23-26-24-15)10-14-7-5-4-6-8-14/h4-8,11-13,16H,2-3,9-10H2,1H3. The third-order valence-electron chi connectivity index (χ3n) is 4.35. The summed E-state index contributed by atoms with van der Waals surface area (Å²) in [5.41, 5.74) is 3.71. The van der Waals surface area contributed by atoms with Gasteiger partial charge in [-0.2, -0.15) is 0 Å². The van der Waals surface area contributed by atoms with Gasteiger partial charge >= 0.3 is 0 Å². The summed E-state index contributed by atoms with van der Waals surface area (Å²) in [6.45, 7) is 3.09. The number of benzene rings is 1. The van der Waals surface area contributed by atoms with E-state index in [0.29, 0.717) is 0 Å². The van der Waals surface area contributed by atoms with Crippen LogP contribution in [0.1, 0.15) is 36.3 Å². The Morgan fingerprint density at radius 3 is 2.81 bits per heavy atom. The van der Waals surface area contributed by atoms with E-state index in [9.17, 15) is 0 Å². The third-order valence-corrected chi connectivity index (χ3v) is 5.56. The number of thioether (sulfide) groups is 1. The zero-order valence-corrected chi connectivity index (χ0v) is 15.8. The van der Waals surface area contributed by atoms with Crippen molar-refractivity contribution in [1.82, 2.24) is 29.8 Å². The zero-order valence-electron chi connectivity index (χ0n) is 15.0. The molecule has 3 heterocycles. The molecule has 0 aliphatic heterocycles. The van der Waals surface area contributed by atoms with Gasteiger partial charge in [-0.1, -0.05) is 65.8 Å². The fourth-order valence-electron chi connectivity index (χ4n) is 2.92. The second kappa shape index (κ2) is 8.30. The van der Waals surface area contributed by atoms with E-state index in [2.05, 4.69) is 48.9 Å². The maximum absolute atomic E-state index is 4.84. The van der Waals surface area contributed by atoms with Crippen LogP contribution in [0.5, 0.6) is 0 Å². The van der Waals surface area contributed by atoms with E-state index in [-0.39, 0.29) is 5.25 Å². The lowest BCUT2D eigenvalue weighted by Gasteiger charge is -2.13. The quantitative estimate of drug-likeness (QED) is 0.336. The minimum absolute atomic E-state index is 0.0255. The van der Waals surface area contributed by atoms with Gasteiger partial charge in [-0.15, -0.1) is 0 Å². The van der Waals surface area contributed by atoms with Gasteiger partial charge in [0.1, 0.15) is 22.6 Å². The lowest BCUT2D eigenvalue weighted by Crippen LogP contribution is -2.02. The van der Waals surface area contributed by atoms with Crippen LogP contribution in [0.4, 0.5) is 0 Å². The molecule has 0 amide bonds. The molecule has 4 aromatic rings. The van der Waals surface area contributed by atoms with Crippen molar-refractivity contribution in [3.63, 3.8) is 0 Å². The van der Waals surface area contributed by atoms with Gasteiger partial charge in [-0.05, 0) is 18.4 Å². The number of aryl methyl sites for hydroxylation is 1. The smallest absolute Gasteiger partial charge is 0.164 e. The number of nitrogens with zero attached hydrogens (tertiary/aromatic N) is 6. The van der Waals surface area contributed by atoms with Crippen molar-refractivity contribution >= 4 is 22.9 Å². The highest BCUT2D eigenvalue weighted by Gasteiger charge is 2.21.